The largest absolute Gasteiger partial charge is 0.415 e. The smallest absolute Gasteiger partial charge is 0.382 e. The lowest BCUT2D eigenvalue weighted by molar-refractivity contribution is -0.0878. The molecule has 3 N–H and O–H groups in total. The average Bonchev–Trinajstić information content (AvgIpc) is 3.16. The van der Waals surface area contributed by atoms with Crippen molar-refractivity contribution in [2.24, 2.45) is 7.05 Å². The highest BCUT2D eigenvalue weighted by molar-refractivity contribution is 6.10. The lowest BCUT2D eigenvalue weighted by Gasteiger charge is -2.19. The van der Waals surface area contributed by atoms with E-state index in [-0.39, 0.29) is 12.2 Å². The molecule has 1 aromatic carbocycles. The Morgan fingerprint density at radius 3 is 2.70 bits per heavy atom. The molecule has 3 aromatic rings. The number of hydrogen-bond acceptors (Lipinski definition) is 5. The van der Waals surface area contributed by atoms with E-state index in [9.17, 15) is 18.0 Å². The third kappa shape index (κ3) is 5.23. The first-order valence-electron chi connectivity index (χ1n) is 10.1. The van der Waals surface area contributed by atoms with Gasteiger partial charge < -0.3 is 15.8 Å². The Bertz CT molecular complexity index is 1260. The SMILES string of the molecule is C=C(/C=C\C(=C)C(F)(F)F)C(COCC)NC(=O)c1ccc2nc(N)c3c(cnn3C)c2c1. The second-order valence-electron chi connectivity index (χ2n) is 7.38. The van der Waals surface area contributed by atoms with Gasteiger partial charge in [0.1, 0.15) is 11.3 Å². The number of aromatic nitrogens is 3. The Labute approximate surface area is 188 Å². The van der Waals surface area contributed by atoms with E-state index >= 15 is 0 Å². The van der Waals surface area contributed by atoms with Gasteiger partial charge in [-0.1, -0.05) is 25.3 Å². The van der Waals surface area contributed by atoms with Gasteiger partial charge in [-0.3, -0.25) is 9.48 Å². The van der Waals surface area contributed by atoms with Crippen LogP contribution in [0.5, 0.6) is 0 Å². The summed E-state index contributed by atoms with van der Waals surface area (Å²) in [6, 6.07) is 4.19. The number of nitrogens with zero attached hydrogens (tertiary/aromatic N) is 3. The van der Waals surface area contributed by atoms with E-state index in [1.165, 1.54) is 6.08 Å². The maximum atomic E-state index is 13.0. The van der Waals surface area contributed by atoms with E-state index in [1.54, 1.807) is 43.0 Å². The van der Waals surface area contributed by atoms with Crippen molar-refractivity contribution >= 4 is 33.5 Å². The molecule has 7 nitrogen and oxygen atoms in total. The van der Waals surface area contributed by atoms with Crippen molar-refractivity contribution in [1.29, 1.82) is 0 Å². The van der Waals surface area contributed by atoms with Gasteiger partial charge >= 0.3 is 6.18 Å². The number of pyridine rings is 1. The summed E-state index contributed by atoms with van der Waals surface area (Å²) in [6.45, 7) is 8.96. The molecule has 0 aliphatic rings. The summed E-state index contributed by atoms with van der Waals surface area (Å²) in [5, 5.41) is 8.42. The second kappa shape index (κ2) is 9.45. The number of halogens is 3. The van der Waals surface area contributed by atoms with E-state index in [4.69, 9.17) is 10.5 Å². The molecule has 1 amide bonds. The topological polar surface area (TPSA) is 95.1 Å². The van der Waals surface area contributed by atoms with Crippen LogP contribution in [0.25, 0.3) is 21.8 Å². The fraction of sp³-hybridized carbons (Fsp3) is 0.261. The predicted octanol–water partition coefficient (Wildman–Crippen LogP) is 4.07. The molecule has 2 heterocycles. The summed E-state index contributed by atoms with van der Waals surface area (Å²) in [5.74, 6) is -0.116. The minimum absolute atomic E-state index is 0.0441. The van der Waals surface area contributed by atoms with Crippen molar-refractivity contribution in [3.63, 3.8) is 0 Å². The Morgan fingerprint density at radius 1 is 1.30 bits per heavy atom. The highest BCUT2D eigenvalue weighted by atomic mass is 19.4. The number of allylic oxidation sites excluding steroid dienone is 2. The zero-order valence-electron chi connectivity index (χ0n) is 18.2. The summed E-state index contributed by atoms with van der Waals surface area (Å²) in [5.41, 5.74) is 6.84. The average molecular weight is 459 g/mol. The molecular weight excluding hydrogens is 435 g/mol. The first-order valence-corrected chi connectivity index (χ1v) is 10.1. The van der Waals surface area contributed by atoms with Crippen molar-refractivity contribution in [2.75, 3.05) is 18.9 Å². The van der Waals surface area contributed by atoms with Crippen molar-refractivity contribution < 1.29 is 22.7 Å². The first-order chi connectivity index (χ1) is 15.5. The Kier molecular flexibility index (Phi) is 6.87. The van der Waals surface area contributed by atoms with Crippen LogP contribution in [0.15, 0.2) is 60.9 Å². The van der Waals surface area contributed by atoms with Gasteiger partial charge in [0.25, 0.3) is 5.91 Å². The number of anilines is 1. The molecule has 0 saturated heterocycles. The number of fused-ring (bicyclic) bond motifs is 3. The van der Waals surface area contributed by atoms with Gasteiger partial charge in [-0.25, -0.2) is 4.98 Å². The number of amides is 1. The second-order valence-corrected chi connectivity index (χ2v) is 7.38. The van der Waals surface area contributed by atoms with Gasteiger partial charge in [0.15, 0.2) is 0 Å². The predicted molar refractivity (Wildman–Crippen MR) is 122 cm³/mol. The van der Waals surface area contributed by atoms with Gasteiger partial charge in [-0.15, -0.1) is 0 Å². The summed E-state index contributed by atoms with van der Waals surface area (Å²) >= 11 is 0. The van der Waals surface area contributed by atoms with E-state index in [2.05, 4.69) is 28.6 Å². The van der Waals surface area contributed by atoms with E-state index in [0.29, 0.717) is 34.4 Å². The van der Waals surface area contributed by atoms with Crippen LogP contribution >= 0.6 is 0 Å². The maximum Gasteiger partial charge on any atom is 0.415 e. The zero-order valence-corrected chi connectivity index (χ0v) is 18.2. The maximum absolute atomic E-state index is 13.0. The molecule has 0 bridgehead atoms. The van der Waals surface area contributed by atoms with E-state index in [1.807, 2.05) is 0 Å². The minimum Gasteiger partial charge on any atom is -0.382 e. The zero-order chi connectivity index (χ0) is 24.3. The third-order valence-corrected chi connectivity index (χ3v) is 5.08. The number of carbonyl (C=O) groups excluding carboxylic acids is 1. The van der Waals surface area contributed by atoms with Crippen molar-refractivity contribution in [1.82, 2.24) is 20.1 Å². The van der Waals surface area contributed by atoms with Crippen LogP contribution in [-0.2, 0) is 11.8 Å². The summed E-state index contributed by atoms with van der Waals surface area (Å²) in [7, 11) is 1.74. The molecule has 174 valence electrons. The fourth-order valence-electron chi connectivity index (χ4n) is 3.25. The summed E-state index contributed by atoms with van der Waals surface area (Å²) < 4.78 is 45.1. The summed E-state index contributed by atoms with van der Waals surface area (Å²) in [6.07, 6.45) is -0.907. The molecule has 33 heavy (non-hydrogen) atoms. The fourth-order valence-corrected chi connectivity index (χ4v) is 3.25. The van der Waals surface area contributed by atoms with Crippen LogP contribution in [0.4, 0.5) is 19.0 Å². The number of rotatable bonds is 8. The molecule has 0 fully saturated rings. The molecule has 0 saturated carbocycles. The molecule has 0 aliphatic heterocycles. The number of aryl methyl sites for hydroxylation is 1. The van der Waals surface area contributed by atoms with Crippen LogP contribution in [0.2, 0.25) is 0 Å². The molecule has 10 heteroatoms. The highest BCUT2D eigenvalue weighted by Crippen LogP contribution is 2.28. The van der Waals surface area contributed by atoms with Crippen LogP contribution in [0.3, 0.4) is 0 Å². The van der Waals surface area contributed by atoms with Crippen LogP contribution in [0, 0.1) is 0 Å². The monoisotopic (exact) mass is 459 g/mol. The molecule has 0 spiro atoms. The standard InChI is InChI=1S/C23H24F3N5O2/c1-5-33-12-19(13(2)6-7-14(3)23(24,25)26)30-22(32)15-8-9-18-16(10-15)17-11-28-31(4)20(17)21(27)29-18/h6-11,19H,2-3,5,12H2,1,4H3,(H2,27,29)(H,30,32)/b7-6-. The normalized spacial score (nSPS) is 13.0. The van der Waals surface area contributed by atoms with E-state index in [0.717, 1.165) is 11.5 Å². The number of benzene rings is 1. The van der Waals surface area contributed by atoms with Crippen LogP contribution in [0.1, 0.15) is 17.3 Å². The molecular formula is C23H24F3N5O2. The Hall–Kier alpha value is -3.66. The number of nitrogens with two attached hydrogens (primary N) is 1. The molecule has 0 aliphatic carbocycles. The van der Waals surface area contributed by atoms with Crippen molar-refractivity contribution in [3.05, 3.63) is 66.4 Å². The highest BCUT2D eigenvalue weighted by Gasteiger charge is 2.30. The molecule has 1 unspecified atom stereocenters. The molecule has 3 rings (SSSR count). The van der Waals surface area contributed by atoms with Gasteiger partial charge in [0.2, 0.25) is 0 Å². The molecule has 2 aromatic heterocycles. The van der Waals surface area contributed by atoms with Gasteiger partial charge in [-0.2, -0.15) is 18.3 Å². The number of carbonyl (C=O) groups is 1. The Balaban J connectivity index is 1.88. The minimum atomic E-state index is -4.55. The van der Waals surface area contributed by atoms with Crippen molar-refractivity contribution in [3.8, 4) is 0 Å². The molecule has 0 radical (unpaired) electrons. The van der Waals surface area contributed by atoms with E-state index < -0.39 is 23.7 Å². The first kappa shape index (κ1) is 24.0. The lowest BCUT2D eigenvalue weighted by atomic mass is 10.0. The van der Waals surface area contributed by atoms with Crippen LogP contribution in [-0.4, -0.2) is 46.1 Å². The van der Waals surface area contributed by atoms with Gasteiger partial charge in [0.05, 0.1) is 24.4 Å². The Morgan fingerprint density at radius 2 is 2.03 bits per heavy atom. The third-order valence-electron chi connectivity index (χ3n) is 5.08. The number of alkyl halides is 3. The van der Waals surface area contributed by atoms with Gasteiger partial charge in [0, 0.05) is 35.6 Å². The van der Waals surface area contributed by atoms with Crippen LogP contribution < -0.4 is 11.1 Å². The van der Waals surface area contributed by atoms with Gasteiger partial charge in [-0.05, 0) is 30.7 Å². The lowest BCUT2D eigenvalue weighted by Crippen LogP contribution is -2.39. The molecule has 1 atom stereocenters. The number of hydrogen-bond donors (Lipinski definition) is 2. The number of nitrogen functional groups attached to an aromatic ring is 1. The quantitative estimate of drug-likeness (QED) is 0.495. The summed E-state index contributed by atoms with van der Waals surface area (Å²) in [4.78, 5) is 17.3. The van der Waals surface area contributed by atoms with Crippen molar-refractivity contribution in [2.45, 2.75) is 19.1 Å². The number of ether oxygens (including phenoxy) is 1. The number of nitrogens with one attached hydrogen (secondary N) is 1.